The predicted molar refractivity (Wildman–Crippen MR) is 82.6 cm³/mol. The van der Waals surface area contributed by atoms with Crippen molar-refractivity contribution in [2.45, 2.75) is 20.4 Å². The topological polar surface area (TPSA) is 29.5 Å². The van der Waals surface area contributed by atoms with Crippen LogP contribution in [0.25, 0.3) is 0 Å². The Bertz CT molecular complexity index is 619. The molecule has 1 heterocycles. The minimum absolute atomic E-state index is 0.0535. The molecule has 1 aromatic carbocycles. The number of rotatable bonds is 4. The molecule has 1 amide bonds. The summed E-state index contributed by atoms with van der Waals surface area (Å²) in [6.07, 6.45) is 0. The van der Waals surface area contributed by atoms with Crippen molar-refractivity contribution in [2.24, 2.45) is 0 Å². The first-order chi connectivity index (χ1) is 9.52. The molecule has 0 radical (unpaired) electrons. The van der Waals surface area contributed by atoms with Gasteiger partial charge in [0.1, 0.15) is 5.75 Å². The fourth-order valence-corrected chi connectivity index (χ4v) is 3.13. The zero-order valence-corrected chi connectivity index (χ0v) is 13.1. The van der Waals surface area contributed by atoms with Gasteiger partial charge in [0.05, 0.1) is 12.7 Å². The molecule has 0 aliphatic heterocycles. The van der Waals surface area contributed by atoms with Crippen LogP contribution in [0.1, 0.15) is 25.7 Å². The van der Waals surface area contributed by atoms with E-state index in [9.17, 15) is 4.79 Å². The van der Waals surface area contributed by atoms with Crippen LogP contribution in [-0.4, -0.2) is 25.0 Å². The van der Waals surface area contributed by atoms with Crippen LogP contribution in [0.5, 0.6) is 5.75 Å². The number of aryl methyl sites for hydroxylation is 2. The maximum Gasteiger partial charge on any atom is 0.255 e. The van der Waals surface area contributed by atoms with Gasteiger partial charge in [-0.2, -0.15) is 0 Å². The van der Waals surface area contributed by atoms with E-state index >= 15 is 0 Å². The van der Waals surface area contributed by atoms with Crippen LogP contribution in [0.15, 0.2) is 30.3 Å². The average Bonchev–Trinajstić information content (AvgIpc) is 2.77. The minimum Gasteiger partial charge on any atom is -0.496 e. The van der Waals surface area contributed by atoms with E-state index < -0.39 is 0 Å². The summed E-state index contributed by atoms with van der Waals surface area (Å²) < 4.78 is 5.32. The van der Waals surface area contributed by atoms with Crippen LogP contribution in [0.3, 0.4) is 0 Å². The fourth-order valence-electron chi connectivity index (χ4n) is 2.21. The number of amides is 1. The molecule has 0 saturated heterocycles. The average molecular weight is 289 g/mol. The second-order valence-corrected chi connectivity index (χ2v) is 6.26. The lowest BCUT2D eigenvalue weighted by Gasteiger charge is -2.18. The second-order valence-electron chi connectivity index (χ2n) is 4.80. The molecule has 1 aromatic heterocycles. The van der Waals surface area contributed by atoms with Crippen molar-refractivity contribution in [1.29, 1.82) is 0 Å². The predicted octanol–water partition coefficient (Wildman–Crippen LogP) is 3.65. The van der Waals surface area contributed by atoms with E-state index in [-0.39, 0.29) is 5.91 Å². The highest BCUT2D eigenvalue weighted by Crippen LogP contribution is 2.24. The third-order valence-corrected chi connectivity index (χ3v) is 4.18. The van der Waals surface area contributed by atoms with Gasteiger partial charge in [-0.05, 0) is 26.0 Å². The molecule has 2 rings (SSSR count). The van der Waals surface area contributed by atoms with Gasteiger partial charge in [-0.3, -0.25) is 4.79 Å². The van der Waals surface area contributed by atoms with Gasteiger partial charge in [0.15, 0.2) is 0 Å². The maximum atomic E-state index is 12.5. The summed E-state index contributed by atoms with van der Waals surface area (Å²) >= 11 is 1.66. The first kappa shape index (κ1) is 14.6. The van der Waals surface area contributed by atoms with Crippen LogP contribution < -0.4 is 4.74 Å². The Morgan fingerprint density at radius 3 is 2.60 bits per heavy atom. The third-order valence-electron chi connectivity index (χ3n) is 3.22. The van der Waals surface area contributed by atoms with Crippen LogP contribution in [0.2, 0.25) is 0 Å². The Morgan fingerprint density at radius 1 is 1.30 bits per heavy atom. The lowest BCUT2D eigenvalue weighted by atomic mass is 10.1. The SMILES string of the molecule is COc1ccccc1CN(C)C(=O)c1cc(C)sc1C. The molecule has 106 valence electrons. The zero-order valence-electron chi connectivity index (χ0n) is 12.3. The first-order valence-corrected chi connectivity index (χ1v) is 7.29. The van der Waals surface area contributed by atoms with E-state index in [4.69, 9.17) is 4.74 Å². The van der Waals surface area contributed by atoms with Gasteiger partial charge in [-0.25, -0.2) is 0 Å². The van der Waals surface area contributed by atoms with Crippen molar-refractivity contribution in [3.05, 3.63) is 51.2 Å². The van der Waals surface area contributed by atoms with Crippen molar-refractivity contribution >= 4 is 17.2 Å². The maximum absolute atomic E-state index is 12.5. The van der Waals surface area contributed by atoms with Gasteiger partial charge in [0, 0.05) is 28.9 Å². The number of hydrogen-bond donors (Lipinski definition) is 0. The zero-order chi connectivity index (χ0) is 14.7. The highest BCUT2D eigenvalue weighted by atomic mass is 32.1. The molecular weight excluding hydrogens is 270 g/mol. The number of benzene rings is 1. The van der Waals surface area contributed by atoms with Crippen molar-refractivity contribution in [3.8, 4) is 5.75 Å². The van der Waals surface area contributed by atoms with Crippen molar-refractivity contribution in [1.82, 2.24) is 4.90 Å². The van der Waals surface area contributed by atoms with Crippen molar-refractivity contribution in [2.75, 3.05) is 14.2 Å². The molecule has 0 bridgehead atoms. The van der Waals surface area contributed by atoms with Crippen LogP contribution in [0, 0.1) is 13.8 Å². The summed E-state index contributed by atoms with van der Waals surface area (Å²) in [6.45, 7) is 4.55. The minimum atomic E-state index is 0.0535. The molecule has 0 saturated carbocycles. The van der Waals surface area contributed by atoms with E-state index in [0.717, 1.165) is 26.6 Å². The molecule has 0 aliphatic carbocycles. The molecular formula is C16H19NO2S. The second kappa shape index (κ2) is 6.09. The number of carbonyl (C=O) groups excluding carboxylic acids is 1. The number of thiophene rings is 1. The van der Waals surface area contributed by atoms with Gasteiger partial charge < -0.3 is 9.64 Å². The van der Waals surface area contributed by atoms with E-state index in [1.807, 2.05) is 51.2 Å². The molecule has 20 heavy (non-hydrogen) atoms. The molecule has 4 heteroatoms. The standard InChI is InChI=1S/C16H19NO2S/c1-11-9-14(12(2)20-11)16(18)17(3)10-13-7-5-6-8-15(13)19-4/h5-9H,10H2,1-4H3. The fraction of sp³-hybridized carbons (Fsp3) is 0.312. The Labute approximate surface area is 123 Å². The number of carbonyl (C=O) groups is 1. The van der Waals surface area contributed by atoms with E-state index in [1.54, 1.807) is 23.3 Å². The third kappa shape index (κ3) is 3.02. The molecule has 0 atom stereocenters. The Kier molecular flexibility index (Phi) is 4.45. The summed E-state index contributed by atoms with van der Waals surface area (Å²) in [5.41, 5.74) is 1.81. The number of methoxy groups -OCH3 is 1. The summed E-state index contributed by atoms with van der Waals surface area (Å²) in [6, 6.07) is 9.73. The van der Waals surface area contributed by atoms with Gasteiger partial charge in [0.2, 0.25) is 0 Å². The number of hydrogen-bond acceptors (Lipinski definition) is 3. The largest absolute Gasteiger partial charge is 0.496 e. The Morgan fingerprint density at radius 2 is 2.00 bits per heavy atom. The van der Waals surface area contributed by atoms with Gasteiger partial charge >= 0.3 is 0 Å². The van der Waals surface area contributed by atoms with E-state index in [1.165, 1.54) is 0 Å². The smallest absolute Gasteiger partial charge is 0.255 e. The molecule has 0 spiro atoms. The monoisotopic (exact) mass is 289 g/mol. The van der Waals surface area contributed by atoms with Crippen LogP contribution in [0.4, 0.5) is 0 Å². The van der Waals surface area contributed by atoms with E-state index in [0.29, 0.717) is 6.54 Å². The highest BCUT2D eigenvalue weighted by molar-refractivity contribution is 7.12. The highest BCUT2D eigenvalue weighted by Gasteiger charge is 2.17. The lowest BCUT2D eigenvalue weighted by molar-refractivity contribution is 0.0784. The molecule has 0 N–H and O–H groups in total. The Balaban J connectivity index is 2.17. The first-order valence-electron chi connectivity index (χ1n) is 6.47. The quantitative estimate of drug-likeness (QED) is 0.860. The molecule has 0 fully saturated rings. The lowest BCUT2D eigenvalue weighted by Crippen LogP contribution is -2.26. The van der Waals surface area contributed by atoms with Crippen LogP contribution in [-0.2, 0) is 6.54 Å². The summed E-state index contributed by atoms with van der Waals surface area (Å²) in [5.74, 6) is 0.864. The number of para-hydroxylation sites is 1. The number of ether oxygens (including phenoxy) is 1. The number of nitrogens with zero attached hydrogens (tertiary/aromatic N) is 1. The summed E-state index contributed by atoms with van der Waals surface area (Å²) in [5, 5.41) is 0. The molecule has 0 aliphatic rings. The molecule has 2 aromatic rings. The van der Waals surface area contributed by atoms with Crippen molar-refractivity contribution < 1.29 is 9.53 Å². The van der Waals surface area contributed by atoms with Gasteiger partial charge in [-0.15, -0.1) is 11.3 Å². The summed E-state index contributed by atoms with van der Waals surface area (Å²) in [7, 11) is 3.47. The summed E-state index contributed by atoms with van der Waals surface area (Å²) in [4.78, 5) is 16.4. The molecule has 3 nitrogen and oxygen atoms in total. The Hall–Kier alpha value is -1.81. The molecule has 0 unspecified atom stereocenters. The van der Waals surface area contributed by atoms with Gasteiger partial charge in [-0.1, -0.05) is 18.2 Å². The van der Waals surface area contributed by atoms with Gasteiger partial charge in [0.25, 0.3) is 5.91 Å². The normalized spacial score (nSPS) is 10.4. The van der Waals surface area contributed by atoms with Crippen LogP contribution >= 0.6 is 11.3 Å². The van der Waals surface area contributed by atoms with Crippen molar-refractivity contribution in [3.63, 3.8) is 0 Å². The van der Waals surface area contributed by atoms with E-state index in [2.05, 4.69) is 0 Å².